The fraction of sp³-hybridized carbons (Fsp3) is 0.500. The second kappa shape index (κ2) is 7.70. The van der Waals surface area contributed by atoms with Crippen molar-refractivity contribution in [1.29, 1.82) is 5.26 Å². The molecule has 1 heterocycles. The molecule has 2 atom stereocenters. The van der Waals surface area contributed by atoms with Crippen LogP contribution in [0.1, 0.15) is 24.5 Å². The first kappa shape index (κ1) is 20.7. The van der Waals surface area contributed by atoms with E-state index in [2.05, 4.69) is 10.0 Å². The molecule has 2 unspecified atom stereocenters. The zero-order valence-electron chi connectivity index (χ0n) is 12.7. The number of sulfonamides is 1. The van der Waals surface area contributed by atoms with Crippen molar-refractivity contribution < 1.29 is 21.6 Å². The van der Waals surface area contributed by atoms with Crippen LogP contribution in [0, 0.1) is 17.2 Å². The van der Waals surface area contributed by atoms with Crippen molar-refractivity contribution in [1.82, 2.24) is 10.0 Å². The van der Waals surface area contributed by atoms with Gasteiger partial charge in [0, 0.05) is 12.6 Å². The molecule has 2 rings (SSSR count). The molecule has 134 valence electrons. The van der Waals surface area contributed by atoms with Crippen LogP contribution in [0.25, 0.3) is 0 Å². The highest BCUT2D eigenvalue weighted by atomic mass is 35.5. The molecular weight excluding hydrogens is 367 g/mol. The van der Waals surface area contributed by atoms with Crippen molar-refractivity contribution in [2.45, 2.75) is 30.5 Å². The van der Waals surface area contributed by atoms with Gasteiger partial charge in [0.2, 0.25) is 10.0 Å². The maximum atomic E-state index is 12.8. The molecule has 1 fully saturated rings. The van der Waals surface area contributed by atoms with E-state index in [1.165, 1.54) is 6.07 Å². The van der Waals surface area contributed by atoms with Crippen LogP contribution >= 0.6 is 12.4 Å². The van der Waals surface area contributed by atoms with Gasteiger partial charge < -0.3 is 5.32 Å². The molecule has 1 aliphatic heterocycles. The van der Waals surface area contributed by atoms with E-state index in [0.717, 1.165) is 25.1 Å². The van der Waals surface area contributed by atoms with Gasteiger partial charge >= 0.3 is 6.18 Å². The summed E-state index contributed by atoms with van der Waals surface area (Å²) >= 11 is 0. The number of nitrogens with one attached hydrogen (secondary N) is 2. The van der Waals surface area contributed by atoms with Crippen molar-refractivity contribution in [3.8, 4) is 6.07 Å². The predicted molar refractivity (Wildman–Crippen MR) is 84.2 cm³/mol. The van der Waals surface area contributed by atoms with Crippen LogP contribution in [0.4, 0.5) is 13.2 Å². The van der Waals surface area contributed by atoms with Gasteiger partial charge in [-0.25, -0.2) is 13.1 Å². The SMILES string of the molecule is CC1CCNCC1NS(=O)(=O)c1ccc(C(F)(F)F)c(C#N)c1.Cl. The molecule has 0 bridgehead atoms. The maximum absolute atomic E-state index is 12.8. The summed E-state index contributed by atoms with van der Waals surface area (Å²) in [6, 6.07) is 3.30. The molecule has 5 nitrogen and oxygen atoms in total. The molecule has 0 saturated carbocycles. The molecule has 0 aromatic heterocycles. The van der Waals surface area contributed by atoms with Crippen LogP contribution in [0.5, 0.6) is 0 Å². The Labute approximate surface area is 144 Å². The van der Waals surface area contributed by atoms with E-state index in [9.17, 15) is 21.6 Å². The van der Waals surface area contributed by atoms with Crippen LogP contribution in [0.3, 0.4) is 0 Å². The molecule has 0 spiro atoms. The van der Waals surface area contributed by atoms with E-state index < -0.39 is 27.3 Å². The van der Waals surface area contributed by atoms with Crippen molar-refractivity contribution >= 4 is 22.4 Å². The number of nitrogens with zero attached hydrogens (tertiary/aromatic N) is 1. The zero-order chi connectivity index (χ0) is 17.3. The average molecular weight is 384 g/mol. The van der Waals surface area contributed by atoms with Crippen molar-refractivity contribution in [3.05, 3.63) is 29.3 Å². The monoisotopic (exact) mass is 383 g/mol. The summed E-state index contributed by atoms with van der Waals surface area (Å²) in [5, 5.41) is 11.9. The summed E-state index contributed by atoms with van der Waals surface area (Å²) in [7, 11) is -4.00. The number of hydrogen-bond donors (Lipinski definition) is 2. The Hall–Kier alpha value is -1.34. The standard InChI is InChI=1S/C14H16F3N3O2S.ClH/c1-9-4-5-19-8-13(9)20-23(21,22)11-2-3-12(14(15,16)17)10(6-11)7-18;/h2-3,6,9,13,19-20H,4-5,8H2,1H3;1H. The summed E-state index contributed by atoms with van der Waals surface area (Å²) in [4.78, 5) is -0.347. The first-order valence-electron chi connectivity index (χ1n) is 6.99. The largest absolute Gasteiger partial charge is 0.417 e. The minimum Gasteiger partial charge on any atom is -0.315 e. The summed E-state index contributed by atoms with van der Waals surface area (Å²) in [5.41, 5.74) is -1.86. The fourth-order valence-corrected chi connectivity index (χ4v) is 3.82. The van der Waals surface area contributed by atoms with Crippen LogP contribution in [0.2, 0.25) is 0 Å². The van der Waals surface area contributed by atoms with Gasteiger partial charge in [-0.15, -0.1) is 12.4 Å². The molecule has 0 amide bonds. The molecule has 1 aromatic rings. The maximum Gasteiger partial charge on any atom is 0.417 e. The Kier molecular flexibility index (Phi) is 6.64. The molecular formula is C14H17ClF3N3O2S. The second-order valence-corrected chi connectivity index (χ2v) is 7.23. The van der Waals surface area contributed by atoms with Gasteiger partial charge in [-0.2, -0.15) is 18.4 Å². The summed E-state index contributed by atoms with van der Waals surface area (Å²) in [5.74, 6) is 0.107. The number of hydrogen-bond acceptors (Lipinski definition) is 4. The number of halogens is 4. The normalized spacial score (nSPS) is 21.6. The quantitative estimate of drug-likeness (QED) is 0.839. The number of piperidine rings is 1. The van der Waals surface area contributed by atoms with E-state index in [0.29, 0.717) is 12.6 Å². The Morgan fingerprint density at radius 1 is 1.38 bits per heavy atom. The van der Waals surface area contributed by atoms with Crippen molar-refractivity contribution in [2.24, 2.45) is 5.92 Å². The molecule has 2 N–H and O–H groups in total. The number of rotatable bonds is 3. The number of nitriles is 1. The van der Waals surface area contributed by atoms with Crippen molar-refractivity contribution in [3.63, 3.8) is 0 Å². The molecule has 0 radical (unpaired) electrons. The van der Waals surface area contributed by atoms with E-state index in [1.807, 2.05) is 6.92 Å². The lowest BCUT2D eigenvalue weighted by Gasteiger charge is -2.30. The van der Waals surface area contributed by atoms with Gasteiger partial charge in [0.15, 0.2) is 0 Å². The molecule has 0 aliphatic carbocycles. The number of alkyl halides is 3. The van der Waals surface area contributed by atoms with E-state index >= 15 is 0 Å². The van der Waals surface area contributed by atoms with Gasteiger partial charge in [-0.3, -0.25) is 0 Å². The zero-order valence-corrected chi connectivity index (χ0v) is 14.4. The summed E-state index contributed by atoms with van der Waals surface area (Å²) in [6.07, 6.45) is -3.91. The fourth-order valence-electron chi connectivity index (χ4n) is 2.45. The first-order chi connectivity index (χ1) is 10.6. The first-order valence-corrected chi connectivity index (χ1v) is 8.48. The van der Waals surface area contributed by atoms with Gasteiger partial charge in [0.1, 0.15) is 0 Å². The summed E-state index contributed by atoms with van der Waals surface area (Å²) < 4.78 is 65.5. The predicted octanol–water partition coefficient (Wildman–Crippen LogP) is 2.28. The lowest BCUT2D eigenvalue weighted by Crippen LogP contribution is -2.50. The van der Waals surface area contributed by atoms with E-state index in [1.54, 1.807) is 0 Å². The van der Waals surface area contributed by atoms with Gasteiger partial charge in [0.05, 0.1) is 22.1 Å². The molecule has 1 saturated heterocycles. The molecule has 1 aromatic carbocycles. The highest BCUT2D eigenvalue weighted by molar-refractivity contribution is 7.89. The highest BCUT2D eigenvalue weighted by Gasteiger charge is 2.35. The van der Waals surface area contributed by atoms with Gasteiger partial charge in [-0.1, -0.05) is 6.92 Å². The lowest BCUT2D eigenvalue weighted by atomic mass is 9.96. The Morgan fingerprint density at radius 2 is 2.04 bits per heavy atom. The molecule has 24 heavy (non-hydrogen) atoms. The minimum atomic E-state index is -4.71. The van der Waals surface area contributed by atoms with Gasteiger partial charge in [0.25, 0.3) is 0 Å². The Morgan fingerprint density at radius 3 is 2.58 bits per heavy atom. The Balaban J connectivity index is 0.00000288. The third kappa shape index (κ3) is 4.60. The molecule has 10 heteroatoms. The molecule has 1 aliphatic rings. The van der Waals surface area contributed by atoms with Crippen LogP contribution in [-0.2, 0) is 16.2 Å². The third-order valence-corrected chi connectivity index (χ3v) is 5.35. The van der Waals surface area contributed by atoms with Gasteiger partial charge in [-0.05, 0) is 37.1 Å². The topological polar surface area (TPSA) is 82.0 Å². The Bertz CT molecular complexity index is 732. The highest BCUT2D eigenvalue weighted by Crippen LogP contribution is 2.32. The smallest absolute Gasteiger partial charge is 0.315 e. The second-order valence-electron chi connectivity index (χ2n) is 5.51. The lowest BCUT2D eigenvalue weighted by molar-refractivity contribution is -0.137. The number of benzene rings is 1. The van der Waals surface area contributed by atoms with Crippen molar-refractivity contribution in [2.75, 3.05) is 13.1 Å². The third-order valence-electron chi connectivity index (χ3n) is 3.86. The van der Waals surface area contributed by atoms with E-state index in [4.69, 9.17) is 5.26 Å². The average Bonchev–Trinajstić information content (AvgIpc) is 2.48. The van der Waals surface area contributed by atoms with Crippen LogP contribution in [-0.4, -0.2) is 27.5 Å². The van der Waals surface area contributed by atoms with Crippen LogP contribution < -0.4 is 10.0 Å². The minimum absolute atomic E-state index is 0. The summed E-state index contributed by atoms with van der Waals surface area (Å²) in [6.45, 7) is 3.14. The van der Waals surface area contributed by atoms with Crippen LogP contribution in [0.15, 0.2) is 23.1 Å². The van der Waals surface area contributed by atoms with E-state index in [-0.39, 0.29) is 29.3 Å².